The molecule has 2 rings (SSSR count). The number of hydrogen-bond acceptors (Lipinski definition) is 5. The highest BCUT2D eigenvalue weighted by atomic mass is 19.1. The van der Waals surface area contributed by atoms with E-state index < -0.39 is 17.8 Å². The van der Waals surface area contributed by atoms with Gasteiger partial charge in [0.1, 0.15) is 11.6 Å². The molecule has 0 aromatic heterocycles. The number of aromatic carboxylic acids is 1. The molecule has 0 bridgehead atoms. The van der Waals surface area contributed by atoms with Crippen molar-refractivity contribution >= 4 is 23.3 Å². The van der Waals surface area contributed by atoms with Crippen LogP contribution in [0.3, 0.4) is 0 Å². The van der Waals surface area contributed by atoms with Gasteiger partial charge in [0.05, 0.1) is 29.1 Å². The first-order chi connectivity index (χ1) is 10.9. The van der Waals surface area contributed by atoms with Crippen molar-refractivity contribution in [2.75, 3.05) is 11.9 Å². The number of esters is 1. The predicted molar refractivity (Wildman–Crippen MR) is 80.7 cm³/mol. The number of anilines is 2. The summed E-state index contributed by atoms with van der Waals surface area (Å²) in [5.41, 5.74) is 0.00484. The Hall–Kier alpha value is -3.09. The van der Waals surface area contributed by atoms with Crippen LogP contribution in [0.5, 0.6) is 5.75 Å². The lowest BCUT2D eigenvalue weighted by atomic mass is 10.1. The highest BCUT2D eigenvalue weighted by Crippen LogP contribution is 2.30. The van der Waals surface area contributed by atoms with Crippen LogP contribution in [0.4, 0.5) is 15.8 Å². The number of rotatable bonds is 5. The number of halogens is 1. The molecule has 7 heteroatoms. The fourth-order valence-electron chi connectivity index (χ4n) is 1.93. The van der Waals surface area contributed by atoms with E-state index in [9.17, 15) is 19.1 Å². The molecule has 0 aliphatic carbocycles. The van der Waals surface area contributed by atoms with Gasteiger partial charge in [-0.3, -0.25) is 0 Å². The van der Waals surface area contributed by atoms with Crippen molar-refractivity contribution in [1.82, 2.24) is 0 Å². The number of phenolic OH excluding ortho intramolecular Hbond substituents is 1. The lowest BCUT2D eigenvalue weighted by Crippen LogP contribution is -2.06. The first-order valence-electron chi connectivity index (χ1n) is 6.72. The summed E-state index contributed by atoms with van der Waals surface area (Å²) >= 11 is 0. The molecule has 120 valence electrons. The van der Waals surface area contributed by atoms with E-state index in [0.29, 0.717) is 0 Å². The van der Waals surface area contributed by atoms with Gasteiger partial charge in [-0.1, -0.05) is 0 Å². The van der Waals surface area contributed by atoms with Crippen molar-refractivity contribution in [2.45, 2.75) is 6.92 Å². The van der Waals surface area contributed by atoms with Crippen LogP contribution in [-0.2, 0) is 4.74 Å². The molecule has 0 atom stereocenters. The standard InChI is InChI=1S/C16H14FNO5/c1-2-23-16(22)9-3-6-14(19)13(7-9)18-12-8-10(17)4-5-11(12)15(20)21/h3-8,18-19H,2H2,1H3,(H,20,21). The monoisotopic (exact) mass is 319 g/mol. The molecule has 23 heavy (non-hydrogen) atoms. The molecule has 3 N–H and O–H groups in total. The van der Waals surface area contributed by atoms with Crippen molar-refractivity contribution in [1.29, 1.82) is 0 Å². The zero-order chi connectivity index (χ0) is 17.0. The van der Waals surface area contributed by atoms with Gasteiger partial charge in [0.2, 0.25) is 0 Å². The maximum atomic E-state index is 13.4. The third-order valence-corrected chi connectivity index (χ3v) is 2.99. The average molecular weight is 319 g/mol. The number of carboxylic acid groups (broad SMARTS) is 1. The maximum absolute atomic E-state index is 13.4. The molecule has 0 unspecified atom stereocenters. The average Bonchev–Trinajstić information content (AvgIpc) is 2.49. The van der Waals surface area contributed by atoms with Crippen LogP contribution >= 0.6 is 0 Å². The van der Waals surface area contributed by atoms with E-state index in [1.165, 1.54) is 18.2 Å². The van der Waals surface area contributed by atoms with Gasteiger partial charge >= 0.3 is 11.9 Å². The number of carbonyl (C=O) groups is 2. The molecular formula is C16H14FNO5. The number of hydrogen-bond donors (Lipinski definition) is 3. The Balaban J connectivity index is 2.40. The summed E-state index contributed by atoms with van der Waals surface area (Å²) in [6.07, 6.45) is 0. The Kier molecular flexibility index (Phi) is 4.80. The number of aromatic hydroxyl groups is 1. The highest BCUT2D eigenvalue weighted by Gasteiger charge is 2.15. The van der Waals surface area contributed by atoms with Crippen LogP contribution in [0.2, 0.25) is 0 Å². The van der Waals surface area contributed by atoms with Crippen molar-refractivity contribution < 1.29 is 28.9 Å². The van der Waals surface area contributed by atoms with Gasteiger partial charge in [0.25, 0.3) is 0 Å². The van der Waals surface area contributed by atoms with E-state index in [2.05, 4.69) is 5.32 Å². The van der Waals surface area contributed by atoms with Gasteiger partial charge in [-0.2, -0.15) is 0 Å². The van der Waals surface area contributed by atoms with Crippen molar-refractivity contribution in [2.24, 2.45) is 0 Å². The molecule has 0 amide bonds. The molecule has 0 radical (unpaired) electrons. The Bertz CT molecular complexity index is 760. The topological polar surface area (TPSA) is 95.9 Å². The molecular weight excluding hydrogens is 305 g/mol. The zero-order valence-corrected chi connectivity index (χ0v) is 12.2. The van der Waals surface area contributed by atoms with Crippen molar-refractivity contribution in [3.63, 3.8) is 0 Å². The van der Waals surface area contributed by atoms with Crippen LogP contribution in [-0.4, -0.2) is 28.8 Å². The minimum atomic E-state index is -1.26. The maximum Gasteiger partial charge on any atom is 0.338 e. The SMILES string of the molecule is CCOC(=O)c1ccc(O)c(Nc2cc(F)ccc2C(=O)O)c1. The number of benzene rings is 2. The van der Waals surface area contributed by atoms with E-state index in [1.807, 2.05) is 0 Å². The summed E-state index contributed by atoms with van der Waals surface area (Å²) < 4.78 is 18.2. The number of ether oxygens (including phenoxy) is 1. The van der Waals surface area contributed by atoms with Crippen LogP contribution in [0.15, 0.2) is 36.4 Å². The molecule has 6 nitrogen and oxygen atoms in total. The van der Waals surface area contributed by atoms with Crippen molar-refractivity contribution in [3.05, 3.63) is 53.3 Å². The first kappa shape index (κ1) is 16.3. The molecule has 0 aliphatic rings. The second kappa shape index (κ2) is 6.78. The molecule has 0 saturated carbocycles. The van der Waals surface area contributed by atoms with Crippen LogP contribution in [0.25, 0.3) is 0 Å². The van der Waals surface area contributed by atoms with Gasteiger partial charge in [0, 0.05) is 0 Å². The van der Waals surface area contributed by atoms with Gasteiger partial charge < -0.3 is 20.3 Å². The molecule has 0 aliphatic heterocycles. The number of carbonyl (C=O) groups excluding carboxylic acids is 1. The second-order valence-electron chi connectivity index (χ2n) is 4.57. The summed E-state index contributed by atoms with van der Waals surface area (Å²) in [5.74, 6) is -2.71. The highest BCUT2D eigenvalue weighted by molar-refractivity contribution is 5.96. The summed E-state index contributed by atoms with van der Waals surface area (Å²) in [4.78, 5) is 22.9. The van der Waals surface area contributed by atoms with Crippen LogP contribution < -0.4 is 5.32 Å². The Morgan fingerprint density at radius 2 is 1.91 bits per heavy atom. The lowest BCUT2D eigenvalue weighted by molar-refractivity contribution is 0.0526. The normalized spacial score (nSPS) is 10.2. The van der Waals surface area contributed by atoms with Crippen LogP contribution in [0, 0.1) is 5.82 Å². The number of nitrogens with one attached hydrogen (secondary N) is 1. The Morgan fingerprint density at radius 1 is 1.17 bits per heavy atom. The number of carboxylic acids is 1. The van der Waals surface area contributed by atoms with Gasteiger partial charge in [0.15, 0.2) is 0 Å². The quantitative estimate of drug-likeness (QED) is 0.579. The van der Waals surface area contributed by atoms with E-state index in [1.54, 1.807) is 6.92 Å². The van der Waals surface area contributed by atoms with Gasteiger partial charge in [-0.25, -0.2) is 14.0 Å². The molecule has 0 heterocycles. The van der Waals surface area contributed by atoms with E-state index >= 15 is 0 Å². The summed E-state index contributed by atoms with van der Waals surface area (Å²) in [6.45, 7) is 1.85. The Morgan fingerprint density at radius 3 is 2.57 bits per heavy atom. The second-order valence-corrected chi connectivity index (χ2v) is 4.57. The fourth-order valence-corrected chi connectivity index (χ4v) is 1.93. The third kappa shape index (κ3) is 3.76. The zero-order valence-electron chi connectivity index (χ0n) is 12.2. The van der Waals surface area contributed by atoms with Gasteiger partial charge in [-0.15, -0.1) is 0 Å². The first-order valence-corrected chi connectivity index (χ1v) is 6.72. The van der Waals surface area contributed by atoms with E-state index in [-0.39, 0.29) is 34.9 Å². The predicted octanol–water partition coefficient (Wildman–Crippen LogP) is 3.15. The molecule has 0 saturated heterocycles. The van der Waals surface area contributed by atoms with E-state index in [4.69, 9.17) is 9.84 Å². The van der Waals surface area contributed by atoms with Crippen molar-refractivity contribution in [3.8, 4) is 5.75 Å². The largest absolute Gasteiger partial charge is 0.506 e. The summed E-state index contributed by atoms with van der Waals surface area (Å²) in [7, 11) is 0. The molecule has 0 spiro atoms. The van der Waals surface area contributed by atoms with Gasteiger partial charge in [-0.05, 0) is 43.3 Å². The van der Waals surface area contributed by atoms with E-state index in [0.717, 1.165) is 18.2 Å². The summed E-state index contributed by atoms with van der Waals surface area (Å²) in [6, 6.07) is 7.02. The molecule has 2 aromatic rings. The fraction of sp³-hybridized carbons (Fsp3) is 0.125. The minimum Gasteiger partial charge on any atom is -0.506 e. The molecule has 2 aromatic carbocycles. The minimum absolute atomic E-state index is 0.0474. The van der Waals surface area contributed by atoms with Crippen LogP contribution in [0.1, 0.15) is 27.6 Å². The lowest BCUT2D eigenvalue weighted by Gasteiger charge is -2.12. The smallest absolute Gasteiger partial charge is 0.338 e. The number of phenols is 1. The third-order valence-electron chi connectivity index (χ3n) is 2.99. The Labute approximate surface area is 131 Å². The molecule has 0 fully saturated rings. The summed E-state index contributed by atoms with van der Waals surface area (Å²) in [5, 5.41) is 21.6.